The van der Waals surface area contributed by atoms with Gasteiger partial charge in [-0.3, -0.25) is 0 Å². The Balaban J connectivity index is 1.78. The topological polar surface area (TPSA) is 78.5 Å². The normalized spacial score (nSPS) is 13.6. The average molecular weight is 426 g/mol. The van der Waals surface area contributed by atoms with Gasteiger partial charge in [-0.2, -0.15) is 4.98 Å². The van der Waals surface area contributed by atoms with Crippen molar-refractivity contribution in [2.24, 2.45) is 0 Å². The zero-order valence-electron chi connectivity index (χ0n) is 14.7. The van der Waals surface area contributed by atoms with Gasteiger partial charge in [0.25, 0.3) is 0 Å². The molecule has 3 aromatic rings. The van der Waals surface area contributed by atoms with E-state index in [0.29, 0.717) is 19.6 Å². The number of halogens is 1. The van der Waals surface area contributed by atoms with E-state index in [9.17, 15) is 5.11 Å². The number of anilines is 4. The summed E-state index contributed by atoms with van der Waals surface area (Å²) in [6.07, 6.45) is 2.42. The first kappa shape index (κ1) is 17.8. The lowest BCUT2D eigenvalue weighted by Crippen LogP contribution is -2.40. The molecule has 27 heavy (non-hydrogen) atoms. The van der Waals surface area contributed by atoms with E-state index in [-0.39, 0.29) is 12.6 Å². The highest BCUT2D eigenvalue weighted by Crippen LogP contribution is 2.36. The molecule has 0 radical (unpaired) electrons. The van der Waals surface area contributed by atoms with Crippen LogP contribution in [0.2, 0.25) is 0 Å². The first-order valence-corrected chi connectivity index (χ1v) is 9.53. The van der Waals surface area contributed by atoms with Crippen LogP contribution in [-0.2, 0) is 13.0 Å². The van der Waals surface area contributed by atoms with Gasteiger partial charge in [-0.25, -0.2) is 4.98 Å². The number of benzene rings is 2. The number of para-hydroxylation sites is 1. The van der Waals surface area contributed by atoms with Crippen LogP contribution < -0.4 is 15.5 Å². The van der Waals surface area contributed by atoms with Crippen LogP contribution in [0.3, 0.4) is 0 Å². The average Bonchev–Trinajstić information content (AvgIpc) is 2.68. The van der Waals surface area contributed by atoms with Crippen LogP contribution in [0.25, 0.3) is 0 Å². The molecule has 0 saturated heterocycles. The minimum atomic E-state index is 0.123. The fraction of sp³-hybridized carbons (Fsp3) is 0.200. The number of fused-ring (bicyclic) bond motifs is 1. The predicted molar refractivity (Wildman–Crippen MR) is 111 cm³/mol. The maximum atomic E-state index is 9.27. The van der Waals surface area contributed by atoms with Gasteiger partial charge in [-0.1, -0.05) is 24.3 Å². The Morgan fingerprint density at radius 2 is 2.00 bits per heavy atom. The summed E-state index contributed by atoms with van der Waals surface area (Å²) in [7, 11) is 0. The largest absolute Gasteiger partial charge is 0.396 e. The molecule has 0 aliphatic carbocycles. The smallest absolute Gasteiger partial charge is 0.221 e. The predicted octanol–water partition coefficient (Wildman–Crippen LogP) is 3.47. The summed E-state index contributed by atoms with van der Waals surface area (Å²) < 4.78 is 1.04. The van der Waals surface area contributed by atoms with Crippen LogP contribution in [-0.4, -0.2) is 28.4 Å². The molecule has 0 unspecified atom stereocenters. The molecule has 0 fully saturated rings. The number of aromatic nitrogens is 2. The van der Waals surface area contributed by atoms with Gasteiger partial charge in [0.2, 0.25) is 5.95 Å². The van der Waals surface area contributed by atoms with Gasteiger partial charge in [0.05, 0.1) is 12.4 Å². The Bertz CT molecular complexity index is 965. The van der Waals surface area contributed by atoms with Gasteiger partial charge >= 0.3 is 0 Å². The van der Waals surface area contributed by atoms with E-state index in [4.69, 9.17) is 5.73 Å². The molecule has 138 valence electrons. The zero-order valence-corrected chi connectivity index (χ0v) is 16.3. The highest BCUT2D eigenvalue weighted by Gasteiger charge is 2.27. The van der Waals surface area contributed by atoms with Crippen molar-refractivity contribution in [2.45, 2.75) is 13.0 Å². The van der Waals surface area contributed by atoms with Crippen LogP contribution in [0.15, 0.2) is 59.2 Å². The van der Waals surface area contributed by atoms with E-state index >= 15 is 0 Å². The molecule has 2 aromatic carbocycles. The van der Waals surface area contributed by atoms with Gasteiger partial charge < -0.3 is 20.6 Å². The van der Waals surface area contributed by atoms with E-state index in [1.807, 2.05) is 36.4 Å². The maximum absolute atomic E-state index is 9.27. The lowest BCUT2D eigenvalue weighted by molar-refractivity contribution is 0.299. The van der Waals surface area contributed by atoms with Crippen molar-refractivity contribution >= 4 is 39.1 Å². The summed E-state index contributed by atoms with van der Waals surface area (Å²) in [5, 5.41) is 9.27. The molecule has 0 saturated carbocycles. The van der Waals surface area contributed by atoms with Crippen LogP contribution in [0, 0.1) is 0 Å². The van der Waals surface area contributed by atoms with Gasteiger partial charge in [-0.15, -0.1) is 0 Å². The van der Waals surface area contributed by atoms with E-state index in [1.54, 1.807) is 6.20 Å². The monoisotopic (exact) mass is 425 g/mol. The second-order valence-corrected chi connectivity index (χ2v) is 7.29. The summed E-state index contributed by atoms with van der Waals surface area (Å²) in [5.74, 6) is 1.09. The lowest BCUT2D eigenvalue weighted by atomic mass is 10.1. The Labute approximate surface area is 166 Å². The minimum Gasteiger partial charge on any atom is -0.396 e. The van der Waals surface area contributed by atoms with Crippen molar-refractivity contribution in [3.63, 3.8) is 0 Å². The Morgan fingerprint density at radius 1 is 1.15 bits per heavy atom. The molecule has 7 heteroatoms. The number of nitrogen functional groups attached to an aromatic ring is 1. The second-order valence-electron chi connectivity index (χ2n) is 6.44. The van der Waals surface area contributed by atoms with Gasteiger partial charge in [0, 0.05) is 35.1 Å². The standard InChI is InChI=1S/C20H20BrN5O/c21-17-6-1-2-7-18(17)25-12-15-11-23-20(22)24-19(15)26(13-25)16-5-3-4-14(10-16)8-9-27/h1-7,10-11,27H,8-9,12-13H2,(H2,22,23,24). The SMILES string of the molecule is Nc1ncc2c(n1)N(c1cccc(CCO)c1)CN(c1ccccc1Br)C2. The molecule has 0 spiro atoms. The number of rotatable bonds is 4. The number of nitrogens with two attached hydrogens (primary N) is 1. The molecule has 3 N–H and O–H groups in total. The van der Waals surface area contributed by atoms with Gasteiger partial charge in [-0.05, 0) is 52.2 Å². The quantitative estimate of drug-likeness (QED) is 0.665. The molecule has 6 nitrogen and oxygen atoms in total. The number of hydrogen-bond acceptors (Lipinski definition) is 6. The fourth-order valence-corrected chi connectivity index (χ4v) is 3.87. The Hall–Kier alpha value is -2.64. The molecule has 2 heterocycles. The first-order valence-electron chi connectivity index (χ1n) is 8.74. The van der Waals surface area contributed by atoms with Crippen molar-refractivity contribution in [1.82, 2.24) is 9.97 Å². The first-order chi connectivity index (χ1) is 13.2. The Morgan fingerprint density at radius 3 is 2.81 bits per heavy atom. The second kappa shape index (κ2) is 7.54. The van der Waals surface area contributed by atoms with Gasteiger partial charge in [0.15, 0.2) is 0 Å². The van der Waals surface area contributed by atoms with Crippen LogP contribution in [0.1, 0.15) is 11.1 Å². The molecule has 0 amide bonds. The summed E-state index contributed by atoms with van der Waals surface area (Å²) in [6, 6.07) is 16.3. The molecule has 0 bridgehead atoms. The van der Waals surface area contributed by atoms with Crippen LogP contribution in [0.5, 0.6) is 0 Å². The van der Waals surface area contributed by atoms with E-state index in [2.05, 4.69) is 47.8 Å². The number of aliphatic hydroxyl groups excluding tert-OH is 1. The lowest BCUT2D eigenvalue weighted by Gasteiger charge is -2.39. The third-order valence-electron chi connectivity index (χ3n) is 4.61. The minimum absolute atomic E-state index is 0.123. The van der Waals surface area contributed by atoms with Crippen LogP contribution in [0.4, 0.5) is 23.1 Å². The Kier molecular flexibility index (Phi) is 4.96. The fourth-order valence-electron chi connectivity index (χ4n) is 3.33. The van der Waals surface area contributed by atoms with Gasteiger partial charge in [0.1, 0.15) is 5.82 Å². The van der Waals surface area contributed by atoms with Crippen molar-refractivity contribution in [3.05, 3.63) is 70.3 Å². The number of hydrogen-bond donors (Lipinski definition) is 2. The molecular formula is C20H20BrN5O. The number of nitrogens with zero attached hydrogens (tertiary/aromatic N) is 4. The number of aliphatic hydroxyl groups is 1. The van der Waals surface area contributed by atoms with E-state index < -0.39 is 0 Å². The highest BCUT2D eigenvalue weighted by atomic mass is 79.9. The summed E-state index contributed by atoms with van der Waals surface area (Å²) in [5.41, 5.74) is 10.1. The molecular weight excluding hydrogens is 406 g/mol. The van der Waals surface area contributed by atoms with Crippen molar-refractivity contribution < 1.29 is 5.11 Å². The third kappa shape index (κ3) is 3.61. The highest BCUT2D eigenvalue weighted by molar-refractivity contribution is 9.10. The molecule has 1 aromatic heterocycles. The maximum Gasteiger partial charge on any atom is 0.221 e. The van der Waals surface area contributed by atoms with Crippen molar-refractivity contribution in [2.75, 3.05) is 28.8 Å². The summed E-state index contributed by atoms with van der Waals surface area (Å²) in [6.45, 7) is 1.46. The molecule has 4 rings (SSSR count). The van der Waals surface area contributed by atoms with E-state index in [1.165, 1.54) is 0 Å². The van der Waals surface area contributed by atoms with Crippen molar-refractivity contribution in [1.29, 1.82) is 0 Å². The van der Waals surface area contributed by atoms with Crippen molar-refractivity contribution in [3.8, 4) is 0 Å². The molecule has 1 aliphatic heterocycles. The summed E-state index contributed by atoms with van der Waals surface area (Å²) >= 11 is 3.65. The molecule has 1 aliphatic rings. The van der Waals surface area contributed by atoms with Crippen LogP contribution >= 0.6 is 15.9 Å². The molecule has 0 atom stereocenters. The summed E-state index contributed by atoms with van der Waals surface area (Å²) in [4.78, 5) is 13.1. The van der Waals surface area contributed by atoms with E-state index in [0.717, 1.165) is 32.8 Å². The third-order valence-corrected chi connectivity index (χ3v) is 5.28. The zero-order chi connectivity index (χ0) is 18.8.